The average Bonchev–Trinajstić information content (AvgIpc) is 2.82. The topological polar surface area (TPSA) is 99.5 Å². The first-order valence-corrected chi connectivity index (χ1v) is 10.4. The van der Waals surface area contributed by atoms with Gasteiger partial charge in [0, 0.05) is 44.1 Å². The van der Waals surface area contributed by atoms with E-state index < -0.39 is 0 Å². The second-order valence-electron chi connectivity index (χ2n) is 7.61. The van der Waals surface area contributed by atoms with Gasteiger partial charge in [-0.25, -0.2) is 4.98 Å². The number of hydrogen-bond acceptors (Lipinski definition) is 6. The highest BCUT2D eigenvalue weighted by molar-refractivity contribution is 5.99. The summed E-state index contributed by atoms with van der Waals surface area (Å²) in [4.78, 5) is 21.7. The summed E-state index contributed by atoms with van der Waals surface area (Å²) in [7, 11) is 1.58. The van der Waals surface area contributed by atoms with E-state index in [2.05, 4.69) is 20.2 Å². The first kappa shape index (κ1) is 20.0. The van der Waals surface area contributed by atoms with Crippen LogP contribution in [0.25, 0.3) is 0 Å². The molecule has 4 rings (SSSR count). The van der Waals surface area contributed by atoms with Gasteiger partial charge in [-0.05, 0) is 68.0 Å². The van der Waals surface area contributed by atoms with Crippen LogP contribution in [0.1, 0.15) is 47.2 Å². The van der Waals surface area contributed by atoms with Crippen molar-refractivity contribution < 1.29 is 4.79 Å². The van der Waals surface area contributed by atoms with E-state index in [1.165, 1.54) is 6.42 Å². The maximum Gasteiger partial charge on any atom is 0.255 e. The highest BCUT2D eigenvalue weighted by Crippen LogP contribution is 2.32. The van der Waals surface area contributed by atoms with E-state index in [4.69, 9.17) is 10.8 Å². The van der Waals surface area contributed by atoms with E-state index in [1.54, 1.807) is 13.2 Å². The molecule has 0 aliphatic carbocycles. The summed E-state index contributed by atoms with van der Waals surface area (Å²) in [5, 5.41) is 11.4. The van der Waals surface area contributed by atoms with E-state index in [0.717, 1.165) is 67.9 Å². The molecule has 8 heteroatoms. The van der Waals surface area contributed by atoms with Gasteiger partial charge >= 0.3 is 0 Å². The van der Waals surface area contributed by atoms with E-state index in [9.17, 15) is 4.79 Å². The second-order valence-corrected chi connectivity index (χ2v) is 7.61. The average molecular weight is 406 g/mol. The molecule has 0 atom stereocenters. The Morgan fingerprint density at radius 1 is 1.03 bits per heavy atom. The van der Waals surface area contributed by atoms with Gasteiger partial charge in [0.05, 0.1) is 5.56 Å². The number of pyridine rings is 1. The monoisotopic (exact) mass is 405 g/mol. The van der Waals surface area contributed by atoms with Gasteiger partial charge in [-0.3, -0.25) is 4.79 Å². The fraction of sp³-hybridized carbons (Fsp3) is 0.409. The number of aryl methyl sites for hydroxylation is 1. The minimum absolute atomic E-state index is 0.102. The van der Waals surface area contributed by atoms with Crippen molar-refractivity contribution in [2.24, 2.45) is 21.2 Å². The summed E-state index contributed by atoms with van der Waals surface area (Å²) in [5.41, 5.74) is 3.66. The van der Waals surface area contributed by atoms with Crippen molar-refractivity contribution >= 4 is 23.2 Å². The minimum Gasteiger partial charge on any atom is -0.339 e. The predicted molar refractivity (Wildman–Crippen MR) is 117 cm³/mol. The lowest BCUT2D eigenvalue weighted by atomic mass is 10.0. The lowest BCUT2D eigenvalue weighted by Gasteiger charge is -2.31. The third kappa shape index (κ3) is 4.03. The number of carbonyl (C=O) groups excluding carboxylic acids is 1. The first-order chi connectivity index (χ1) is 14.7. The summed E-state index contributed by atoms with van der Waals surface area (Å²) < 4.78 is 0. The fourth-order valence-corrected chi connectivity index (χ4v) is 4.15. The molecule has 2 N–H and O–H groups in total. The molecule has 0 unspecified atom stereocenters. The number of fused-ring (bicyclic) bond motifs is 1. The van der Waals surface area contributed by atoms with Crippen LogP contribution < -0.4 is 10.7 Å². The van der Waals surface area contributed by atoms with E-state index in [0.29, 0.717) is 11.4 Å². The quantitative estimate of drug-likeness (QED) is 0.278. The van der Waals surface area contributed by atoms with Crippen LogP contribution in [-0.2, 0) is 6.42 Å². The van der Waals surface area contributed by atoms with Crippen LogP contribution in [-0.4, -0.2) is 48.3 Å². The normalized spacial score (nSPS) is 17.3. The van der Waals surface area contributed by atoms with Gasteiger partial charge in [0.2, 0.25) is 0 Å². The van der Waals surface area contributed by atoms with Gasteiger partial charge in [-0.1, -0.05) is 0 Å². The van der Waals surface area contributed by atoms with Gasteiger partial charge in [0.1, 0.15) is 5.82 Å². The molecule has 1 aromatic heterocycles. The fourth-order valence-electron chi connectivity index (χ4n) is 4.15. The van der Waals surface area contributed by atoms with Crippen LogP contribution in [0.4, 0.5) is 11.5 Å². The smallest absolute Gasteiger partial charge is 0.255 e. The largest absolute Gasteiger partial charge is 0.339 e. The van der Waals surface area contributed by atoms with Gasteiger partial charge in [-0.2, -0.15) is 10.2 Å². The van der Waals surface area contributed by atoms with Crippen LogP contribution in [0.2, 0.25) is 0 Å². The van der Waals surface area contributed by atoms with Crippen LogP contribution in [0.15, 0.2) is 51.9 Å². The number of anilines is 2. The van der Waals surface area contributed by atoms with Gasteiger partial charge in [0.15, 0.2) is 5.84 Å². The number of azo groups is 1. The Balaban J connectivity index is 1.57. The van der Waals surface area contributed by atoms with Crippen LogP contribution in [0.5, 0.6) is 0 Å². The predicted octanol–water partition coefficient (Wildman–Crippen LogP) is 3.49. The number of nitrogens with two attached hydrogens (primary N) is 1. The number of rotatable bonds is 3. The van der Waals surface area contributed by atoms with Gasteiger partial charge in [-0.15, -0.1) is 5.11 Å². The zero-order valence-electron chi connectivity index (χ0n) is 17.3. The number of piperidine rings is 1. The number of likely N-dealkylation sites (tertiary alicyclic amines) is 1. The zero-order valence-corrected chi connectivity index (χ0v) is 17.3. The van der Waals surface area contributed by atoms with E-state index in [1.807, 2.05) is 35.2 Å². The lowest BCUT2D eigenvalue weighted by Crippen LogP contribution is -2.36. The van der Waals surface area contributed by atoms with Crippen LogP contribution in [0, 0.1) is 0 Å². The molecule has 0 radical (unpaired) electrons. The highest BCUT2D eigenvalue weighted by atomic mass is 16.2. The molecule has 0 saturated carbocycles. The SMILES string of the molecule is CN=NC(=NN)c1ccc(N2CCCc3cc(C(=O)N4CCCCC4)cnc32)cc1. The zero-order chi connectivity index (χ0) is 20.9. The molecule has 2 aliphatic heterocycles. The summed E-state index contributed by atoms with van der Waals surface area (Å²) in [5.74, 6) is 6.82. The summed E-state index contributed by atoms with van der Waals surface area (Å²) in [6.07, 6.45) is 7.05. The number of carbonyl (C=O) groups is 1. The van der Waals surface area contributed by atoms with Crippen molar-refractivity contribution in [1.82, 2.24) is 9.88 Å². The summed E-state index contributed by atoms with van der Waals surface area (Å²) in [6, 6.07) is 9.90. The molecule has 2 aromatic rings. The highest BCUT2D eigenvalue weighted by Gasteiger charge is 2.24. The van der Waals surface area contributed by atoms with Gasteiger partial charge < -0.3 is 15.6 Å². The number of hydrogen-bond donors (Lipinski definition) is 1. The first-order valence-electron chi connectivity index (χ1n) is 10.4. The van der Waals surface area contributed by atoms with Crippen LogP contribution >= 0.6 is 0 Å². The maximum atomic E-state index is 12.9. The number of hydrazone groups is 1. The number of aromatic nitrogens is 1. The Hall–Kier alpha value is -3.29. The number of amides is 1. The molecule has 1 amide bonds. The van der Waals surface area contributed by atoms with Crippen molar-refractivity contribution in [2.75, 3.05) is 31.6 Å². The van der Waals surface area contributed by atoms with Gasteiger partial charge in [0.25, 0.3) is 5.91 Å². The molecule has 156 valence electrons. The number of nitrogens with zero attached hydrogens (tertiary/aromatic N) is 6. The number of benzene rings is 1. The van der Waals surface area contributed by atoms with E-state index >= 15 is 0 Å². The molecule has 3 heterocycles. The van der Waals surface area contributed by atoms with Crippen LogP contribution in [0.3, 0.4) is 0 Å². The molecule has 1 fully saturated rings. The molecule has 1 saturated heterocycles. The Labute approximate surface area is 176 Å². The Morgan fingerprint density at radius 3 is 2.50 bits per heavy atom. The maximum absolute atomic E-state index is 12.9. The summed E-state index contributed by atoms with van der Waals surface area (Å²) in [6.45, 7) is 2.57. The van der Waals surface area contributed by atoms with Crippen molar-refractivity contribution in [3.63, 3.8) is 0 Å². The molecule has 0 bridgehead atoms. The molecule has 2 aliphatic rings. The number of amidine groups is 1. The Kier molecular flexibility index (Phi) is 6.02. The standard InChI is InChI=1S/C22H27N7O/c1-24-27-20(26-23)16-7-9-19(10-8-16)29-13-5-6-17-14-18(15-25-21(17)29)22(30)28-11-3-2-4-12-28/h7-10,14-15H,2-6,11-13,23H2,1H3. The molecular formula is C22H27N7O. The molecular weight excluding hydrogens is 378 g/mol. The Morgan fingerprint density at radius 2 is 1.80 bits per heavy atom. The second kappa shape index (κ2) is 9.02. The van der Waals surface area contributed by atoms with Crippen molar-refractivity contribution in [3.05, 3.63) is 53.2 Å². The molecule has 30 heavy (non-hydrogen) atoms. The molecule has 1 aromatic carbocycles. The third-order valence-corrected chi connectivity index (χ3v) is 5.67. The van der Waals surface area contributed by atoms with Crippen molar-refractivity contribution in [3.8, 4) is 0 Å². The Bertz CT molecular complexity index is 962. The third-order valence-electron chi connectivity index (χ3n) is 5.67. The molecule has 0 spiro atoms. The lowest BCUT2D eigenvalue weighted by molar-refractivity contribution is 0.0724. The molecule has 8 nitrogen and oxygen atoms in total. The summed E-state index contributed by atoms with van der Waals surface area (Å²) >= 11 is 0. The van der Waals surface area contributed by atoms with Crippen molar-refractivity contribution in [2.45, 2.75) is 32.1 Å². The minimum atomic E-state index is 0.102. The van der Waals surface area contributed by atoms with E-state index in [-0.39, 0.29) is 5.91 Å². The van der Waals surface area contributed by atoms with Crippen molar-refractivity contribution in [1.29, 1.82) is 0 Å².